The van der Waals surface area contributed by atoms with Crippen LogP contribution < -0.4 is 5.32 Å². The zero-order valence-corrected chi connectivity index (χ0v) is 12.9. The molecule has 0 unspecified atom stereocenters. The molecule has 1 amide bonds. The molecule has 0 saturated carbocycles. The summed E-state index contributed by atoms with van der Waals surface area (Å²) < 4.78 is 10.4. The van der Waals surface area contributed by atoms with Crippen molar-refractivity contribution < 1.29 is 18.7 Å². The molecule has 0 radical (unpaired) electrons. The van der Waals surface area contributed by atoms with Crippen LogP contribution in [0.3, 0.4) is 0 Å². The van der Waals surface area contributed by atoms with Crippen LogP contribution in [0.2, 0.25) is 0 Å². The number of hydrogen-bond donors (Lipinski definition) is 1. The average molecular weight is 314 g/mol. The molecule has 0 aliphatic carbocycles. The van der Waals surface area contributed by atoms with Gasteiger partial charge in [0.1, 0.15) is 5.58 Å². The number of esters is 1. The van der Waals surface area contributed by atoms with Gasteiger partial charge in [-0.1, -0.05) is 19.1 Å². The number of nitrogens with one attached hydrogen (secondary N) is 1. The predicted molar refractivity (Wildman–Crippen MR) is 83.5 cm³/mol. The quantitative estimate of drug-likeness (QED) is 0.624. The van der Waals surface area contributed by atoms with Crippen molar-refractivity contribution in [2.75, 3.05) is 13.2 Å². The lowest BCUT2D eigenvalue weighted by Gasteiger charge is -2.04. The van der Waals surface area contributed by atoms with E-state index < -0.39 is 11.9 Å². The lowest BCUT2D eigenvalue weighted by atomic mass is 10.1. The number of hydrogen-bond acceptors (Lipinski definition) is 5. The molecule has 120 valence electrons. The topological polar surface area (TPSA) is 92.3 Å². The molecule has 0 aliphatic rings. The van der Waals surface area contributed by atoms with Crippen molar-refractivity contribution in [3.8, 4) is 6.07 Å². The van der Waals surface area contributed by atoms with Crippen LogP contribution >= 0.6 is 0 Å². The van der Waals surface area contributed by atoms with E-state index in [1.165, 1.54) is 0 Å². The number of nitrogens with zero attached hydrogens (tertiary/aromatic N) is 1. The van der Waals surface area contributed by atoms with Gasteiger partial charge in [0.15, 0.2) is 6.61 Å². The third kappa shape index (κ3) is 4.58. The summed E-state index contributed by atoms with van der Waals surface area (Å²) >= 11 is 0. The molecule has 6 nitrogen and oxygen atoms in total. The Labute approximate surface area is 134 Å². The summed E-state index contributed by atoms with van der Waals surface area (Å²) in [5.74, 6) is -0.916. The van der Waals surface area contributed by atoms with Crippen LogP contribution in [0, 0.1) is 11.3 Å². The van der Waals surface area contributed by atoms with E-state index in [1.54, 1.807) is 6.26 Å². The first-order chi connectivity index (χ1) is 11.1. The minimum absolute atomic E-state index is 0.0456. The van der Waals surface area contributed by atoms with Crippen molar-refractivity contribution in [2.24, 2.45) is 0 Å². The Hall–Kier alpha value is -2.81. The molecule has 1 aromatic heterocycles. The molecule has 23 heavy (non-hydrogen) atoms. The Morgan fingerprint density at radius 2 is 2.22 bits per heavy atom. The van der Waals surface area contributed by atoms with E-state index in [0.29, 0.717) is 0 Å². The van der Waals surface area contributed by atoms with E-state index in [0.717, 1.165) is 28.5 Å². The molecule has 0 saturated heterocycles. The second-order valence-electron chi connectivity index (χ2n) is 5.04. The molecule has 0 bridgehead atoms. The standard InChI is InChI=1S/C17H18N2O4/c1-2-12-4-5-14-13(10-22-15(14)8-12)9-17(21)23-11-16(20)19-7-3-6-18/h4-5,8,10H,2-3,7,9,11H2,1H3,(H,19,20). The van der Waals surface area contributed by atoms with Gasteiger partial charge >= 0.3 is 5.97 Å². The van der Waals surface area contributed by atoms with E-state index in [-0.39, 0.29) is 26.0 Å². The van der Waals surface area contributed by atoms with Crippen molar-refractivity contribution in [3.63, 3.8) is 0 Å². The second kappa shape index (κ2) is 7.99. The third-order valence-electron chi connectivity index (χ3n) is 3.39. The Kier molecular flexibility index (Phi) is 5.75. The highest BCUT2D eigenvalue weighted by Crippen LogP contribution is 2.23. The van der Waals surface area contributed by atoms with Gasteiger partial charge in [0.2, 0.25) is 0 Å². The summed E-state index contributed by atoms with van der Waals surface area (Å²) in [7, 11) is 0. The summed E-state index contributed by atoms with van der Waals surface area (Å²) in [4.78, 5) is 23.2. The summed E-state index contributed by atoms with van der Waals surface area (Å²) in [6.45, 7) is 1.96. The Bertz CT molecular complexity index is 743. The zero-order chi connectivity index (χ0) is 16.7. The maximum atomic E-state index is 11.8. The predicted octanol–water partition coefficient (Wildman–Crippen LogP) is 2.11. The fraction of sp³-hybridized carbons (Fsp3) is 0.353. The molecule has 0 aliphatic heterocycles. The molecule has 0 fully saturated rings. The van der Waals surface area contributed by atoms with Crippen LogP contribution in [0.4, 0.5) is 0 Å². The molecule has 6 heteroatoms. The molecule has 0 atom stereocenters. The number of benzene rings is 1. The number of amides is 1. The minimum atomic E-state index is -0.497. The van der Waals surface area contributed by atoms with Gasteiger partial charge in [-0.3, -0.25) is 9.59 Å². The number of nitriles is 1. The Morgan fingerprint density at radius 3 is 2.96 bits per heavy atom. The molecular formula is C17H18N2O4. The molecule has 1 aromatic carbocycles. The van der Waals surface area contributed by atoms with Crippen LogP contribution in [0.1, 0.15) is 24.5 Å². The van der Waals surface area contributed by atoms with E-state index in [4.69, 9.17) is 14.4 Å². The normalized spacial score (nSPS) is 10.3. The number of furan rings is 1. The molecule has 2 rings (SSSR count). The first kappa shape index (κ1) is 16.6. The first-order valence-electron chi connectivity index (χ1n) is 7.42. The lowest BCUT2D eigenvalue weighted by molar-refractivity contribution is -0.147. The highest BCUT2D eigenvalue weighted by Gasteiger charge is 2.13. The smallest absolute Gasteiger partial charge is 0.310 e. The van der Waals surface area contributed by atoms with Crippen LogP contribution in [-0.4, -0.2) is 25.0 Å². The van der Waals surface area contributed by atoms with Gasteiger partial charge in [0.25, 0.3) is 5.91 Å². The highest BCUT2D eigenvalue weighted by atomic mass is 16.5. The number of rotatable bonds is 7. The largest absolute Gasteiger partial charge is 0.464 e. The summed E-state index contributed by atoms with van der Waals surface area (Å²) in [6.07, 6.45) is 2.72. The van der Waals surface area contributed by atoms with Gasteiger partial charge in [-0.05, 0) is 18.1 Å². The summed E-state index contributed by atoms with van der Waals surface area (Å²) in [5, 5.41) is 11.7. The second-order valence-corrected chi connectivity index (χ2v) is 5.04. The van der Waals surface area contributed by atoms with E-state index >= 15 is 0 Å². The Balaban J connectivity index is 1.88. The van der Waals surface area contributed by atoms with Crippen molar-refractivity contribution in [1.82, 2.24) is 5.32 Å². The summed E-state index contributed by atoms with van der Waals surface area (Å²) in [5.41, 5.74) is 2.63. The van der Waals surface area contributed by atoms with E-state index in [1.807, 2.05) is 24.3 Å². The SMILES string of the molecule is CCc1ccc2c(CC(=O)OCC(=O)NCCC#N)coc2c1. The van der Waals surface area contributed by atoms with Crippen molar-refractivity contribution >= 4 is 22.8 Å². The van der Waals surface area contributed by atoms with Crippen molar-refractivity contribution in [3.05, 3.63) is 35.6 Å². The van der Waals surface area contributed by atoms with E-state index in [9.17, 15) is 9.59 Å². The van der Waals surface area contributed by atoms with Crippen molar-refractivity contribution in [2.45, 2.75) is 26.2 Å². The van der Waals surface area contributed by atoms with Gasteiger partial charge in [-0.25, -0.2) is 0 Å². The molecule has 1 N–H and O–H groups in total. The fourth-order valence-corrected chi connectivity index (χ4v) is 2.15. The van der Waals surface area contributed by atoms with E-state index in [2.05, 4.69) is 12.2 Å². The zero-order valence-electron chi connectivity index (χ0n) is 12.9. The number of fused-ring (bicyclic) bond motifs is 1. The third-order valence-corrected chi connectivity index (χ3v) is 3.39. The molecule has 2 aromatic rings. The molecule has 1 heterocycles. The maximum Gasteiger partial charge on any atom is 0.310 e. The number of aryl methyl sites for hydroxylation is 1. The summed E-state index contributed by atoms with van der Waals surface area (Å²) in [6, 6.07) is 7.78. The van der Waals surface area contributed by atoms with Gasteiger partial charge in [-0.2, -0.15) is 5.26 Å². The van der Waals surface area contributed by atoms with Crippen LogP contribution in [0.5, 0.6) is 0 Å². The lowest BCUT2D eigenvalue weighted by Crippen LogP contribution is -2.29. The molecule has 0 spiro atoms. The number of carbonyl (C=O) groups excluding carboxylic acids is 2. The van der Waals surface area contributed by atoms with Crippen molar-refractivity contribution in [1.29, 1.82) is 5.26 Å². The van der Waals surface area contributed by atoms with Gasteiger partial charge in [0.05, 0.1) is 25.2 Å². The Morgan fingerprint density at radius 1 is 1.39 bits per heavy atom. The minimum Gasteiger partial charge on any atom is -0.464 e. The maximum absolute atomic E-state index is 11.8. The fourth-order valence-electron chi connectivity index (χ4n) is 2.15. The average Bonchev–Trinajstić information content (AvgIpc) is 2.95. The van der Waals surface area contributed by atoms with Crippen LogP contribution in [0.15, 0.2) is 28.9 Å². The van der Waals surface area contributed by atoms with Gasteiger partial charge < -0.3 is 14.5 Å². The van der Waals surface area contributed by atoms with Crippen LogP contribution in [0.25, 0.3) is 11.0 Å². The number of carbonyl (C=O) groups is 2. The number of ether oxygens (including phenoxy) is 1. The highest BCUT2D eigenvalue weighted by molar-refractivity contribution is 5.87. The van der Waals surface area contributed by atoms with Crippen LogP contribution in [-0.2, 0) is 27.2 Å². The van der Waals surface area contributed by atoms with Gasteiger partial charge in [0, 0.05) is 17.5 Å². The van der Waals surface area contributed by atoms with Gasteiger partial charge in [-0.15, -0.1) is 0 Å². The molecular weight excluding hydrogens is 296 g/mol. The first-order valence-corrected chi connectivity index (χ1v) is 7.42. The monoisotopic (exact) mass is 314 g/mol.